The summed E-state index contributed by atoms with van der Waals surface area (Å²) in [6, 6.07) is -0.161. The van der Waals surface area contributed by atoms with Gasteiger partial charge in [-0.25, -0.2) is 9.59 Å². The normalized spacial score (nSPS) is 11.3. The van der Waals surface area contributed by atoms with Crippen LogP contribution in [0.15, 0.2) is 18.5 Å². The van der Waals surface area contributed by atoms with Gasteiger partial charge in [-0.15, -0.1) is 0 Å². The van der Waals surface area contributed by atoms with Gasteiger partial charge in [0.2, 0.25) is 0 Å². The largest absolute Gasteiger partial charge is 0.481 e. The van der Waals surface area contributed by atoms with Gasteiger partial charge in [-0.3, -0.25) is 14.6 Å². The quantitative estimate of drug-likeness (QED) is 0.211. The fourth-order valence-electron chi connectivity index (χ4n) is 2.20. The Bertz CT molecular complexity index is 700. The Morgan fingerprint density at radius 3 is 2.32 bits per heavy atom. The molecule has 1 heterocycles. The van der Waals surface area contributed by atoms with Gasteiger partial charge in [-0.05, 0) is 54.3 Å². The number of hydrogen-bond donors (Lipinski definition) is 5. The number of nitrogens with zero attached hydrogens (tertiary/aromatic N) is 1. The highest BCUT2D eigenvalue weighted by Gasteiger charge is 2.20. The average molecular weight is 506 g/mol. The van der Waals surface area contributed by atoms with Crippen LogP contribution in [-0.2, 0) is 9.59 Å². The molecule has 154 valence electrons. The zero-order valence-corrected chi connectivity index (χ0v) is 17.3. The molecule has 3 amide bonds. The zero-order valence-electron chi connectivity index (χ0n) is 15.1. The number of halogens is 1. The van der Waals surface area contributed by atoms with Crippen LogP contribution in [0.5, 0.6) is 0 Å². The summed E-state index contributed by atoms with van der Waals surface area (Å²) in [7, 11) is 0. The lowest BCUT2D eigenvalue weighted by molar-refractivity contribution is -0.140. The molecule has 0 bridgehead atoms. The van der Waals surface area contributed by atoms with Gasteiger partial charge in [-0.2, -0.15) is 0 Å². The number of amides is 3. The van der Waals surface area contributed by atoms with Gasteiger partial charge in [-0.1, -0.05) is 0 Å². The molecule has 0 aliphatic rings. The molecule has 0 fully saturated rings. The Morgan fingerprint density at radius 2 is 1.71 bits per heavy atom. The lowest BCUT2D eigenvalue weighted by atomic mass is 10.1. The van der Waals surface area contributed by atoms with E-state index in [1.54, 1.807) is 12.3 Å². The molecule has 1 aromatic rings. The Hall–Kier alpha value is -2.44. The van der Waals surface area contributed by atoms with Crippen molar-refractivity contribution in [1.29, 1.82) is 0 Å². The number of unbranched alkanes of at least 4 members (excludes halogenated alkanes) is 2. The van der Waals surface area contributed by atoms with Crippen LogP contribution in [-0.4, -0.2) is 58.2 Å². The first-order valence-electron chi connectivity index (χ1n) is 8.67. The van der Waals surface area contributed by atoms with Crippen molar-refractivity contribution < 1.29 is 29.4 Å². The first kappa shape index (κ1) is 23.6. The molecule has 0 radical (unpaired) electrons. The van der Waals surface area contributed by atoms with Gasteiger partial charge in [0, 0.05) is 35.5 Å². The Morgan fingerprint density at radius 1 is 1.04 bits per heavy atom. The molecule has 0 spiro atoms. The van der Waals surface area contributed by atoms with Crippen molar-refractivity contribution in [2.24, 2.45) is 0 Å². The summed E-state index contributed by atoms with van der Waals surface area (Å²) in [4.78, 5) is 49.0. The van der Waals surface area contributed by atoms with Crippen LogP contribution in [0.3, 0.4) is 0 Å². The fourth-order valence-corrected chi connectivity index (χ4v) is 2.70. The number of urea groups is 1. The molecule has 0 aliphatic carbocycles. The highest BCUT2D eigenvalue weighted by molar-refractivity contribution is 14.1. The number of carboxylic acids is 2. The molecule has 5 N–H and O–H groups in total. The molecule has 1 aromatic heterocycles. The highest BCUT2D eigenvalue weighted by atomic mass is 127. The van der Waals surface area contributed by atoms with E-state index in [1.165, 1.54) is 6.20 Å². The predicted octanol–water partition coefficient (Wildman–Crippen LogP) is 1.20. The van der Waals surface area contributed by atoms with Crippen molar-refractivity contribution in [3.8, 4) is 0 Å². The number of nitrogens with one attached hydrogen (secondary N) is 3. The number of carbonyl (C=O) groups is 4. The van der Waals surface area contributed by atoms with E-state index in [2.05, 4.69) is 43.5 Å². The second kappa shape index (κ2) is 12.9. The molecule has 0 aromatic carbocycles. The SMILES string of the molecule is O=C(O)CC[C@H](NC(=O)NCCCCCNC(=O)c1cncc(I)c1)C(=O)O. The van der Waals surface area contributed by atoms with Crippen molar-refractivity contribution >= 4 is 46.5 Å². The van der Waals surface area contributed by atoms with E-state index in [-0.39, 0.29) is 18.7 Å². The van der Waals surface area contributed by atoms with Crippen molar-refractivity contribution in [3.63, 3.8) is 0 Å². The smallest absolute Gasteiger partial charge is 0.326 e. The average Bonchev–Trinajstić information content (AvgIpc) is 2.63. The second-order valence-electron chi connectivity index (χ2n) is 5.93. The molecule has 0 aliphatic heterocycles. The number of aromatic nitrogens is 1. The van der Waals surface area contributed by atoms with Crippen LogP contribution in [0.1, 0.15) is 42.5 Å². The topological polar surface area (TPSA) is 158 Å². The predicted molar refractivity (Wildman–Crippen MR) is 108 cm³/mol. The van der Waals surface area contributed by atoms with E-state index in [4.69, 9.17) is 10.2 Å². The first-order chi connectivity index (χ1) is 13.3. The Kier molecular flexibility index (Phi) is 10.8. The minimum atomic E-state index is -1.28. The summed E-state index contributed by atoms with van der Waals surface area (Å²) in [5, 5.41) is 25.1. The molecule has 10 nitrogen and oxygen atoms in total. The standard InChI is InChI=1S/C17H23IN4O6/c18-12-8-11(9-19-10-12)15(25)20-6-2-1-3-7-21-17(28)22-13(16(26)27)4-5-14(23)24/h8-10,13H,1-7H2,(H,20,25)(H,23,24)(H,26,27)(H2,21,22,28)/t13-/m0/s1. The Labute approximate surface area is 175 Å². The molecular weight excluding hydrogens is 483 g/mol. The van der Waals surface area contributed by atoms with Gasteiger partial charge in [0.05, 0.1) is 5.56 Å². The van der Waals surface area contributed by atoms with Gasteiger partial charge in [0.15, 0.2) is 0 Å². The third kappa shape index (κ3) is 10.0. The summed E-state index contributed by atoms with van der Waals surface area (Å²) in [6.07, 6.45) is 4.76. The minimum absolute atomic E-state index is 0.187. The molecule has 0 saturated carbocycles. The van der Waals surface area contributed by atoms with Gasteiger partial charge in [0.1, 0.15) is 6.04 Å². The number of pyridine rings is 1. The van der Waals surface area contributed by atoms with Crippen molar-refractivity contribution in [1.82, 2.24) is 20.9 Å². The number of carboxylic acid groups (broad SMARTS) is 2. The van der Waals surface area contributed by atoms with E-state index in [0.717, 1.165) is 16.4 Å². The molecule has 1 rings (SSSR count). The summed E-state index contributed by atoms with van der Waals surface area (Å²) in [6.45, 7) is 0.832. The van der Waals surface area contributed by atoms with Crippen molar-refractivity contribution in [3.05, 3.63) is 27.6 Å². The van der Waals surface area contributed by atoms with E-state index >= 15 is 0 Å². The maximum absolute atomic E-state index is 11.9. The zero-order chi connectivity index (χ0) is 20.9. The molecule has 11 heteroatoms. The van der Waals surface area contributed by atoms with Crippen LogP contribution in [0.4, 0.5) is 4.79 Å². The van der Waals surface area contributed by atoms with Crippen LogP contribution < -0.4 is 16.0 Å². The summed E-state index contributed by atoms with van der Waals surface area (Å²) in [5.41, 5.74) is 0.501. The highest BCUT2D eigenvalue weighted by Crippen LogP contribution is 2.05. The molecule has 1 atom stereocenters. The summed E-state index contributed by atoms with van der Waals surface area (Å²) < 4.78 is 0.877. The number of carbonyl (C=O) groups excluding carboxylic acids is 2. The monoisotopic (exact) mass is 506 g/mol. The number of hydrogen-bond acceptors (Lipinski definition) is 5. The number of rotatable bonds is 12. The minimum Gasteiger partial charge on any atom is -0.481 e. The van der Waals surface area contributed by atoms with E-state index in [0.29, 0.717) is 25.1 Å². The lowest BCUT2D eigenvalue weighted by Gasteiger charge is -2.14. The van der Waals surface area contributed by atoms with Gasteiger partial charge in [0.25, 0.3) is 5.91 Å². The van der Waals surface area contributed by atoms with Crippen LogP contribution in [0.2, 0.25) is 0 Å². The molecule has 0 unspecified atom stereocenters. The lowest BCUT2D eigenvalue weighted by Crippen LogP contribution is -2.46. The third-order valence-corrected chi connectivity index (χ3v) is 4.23. The molecule has 0 saturated heterocycles. The second-order valence-corrected chi connectivity index (χ2v) is 7.18. The molecule has 28 heavy (non-hydrogen) atoms. The first-order valence-corrected chi connectivity index (χ1v) is 9.75. The maximum Gasteiger partial charge on any atom is 0.326 e. The van der Waals surface area contributed by atoms with Crippen molar-refractivity contribution in [2.75, 3.05) is 13.1 Å². The number of aliphatic carboxylic acids is 2. The van der Waals surface area contributed by atoms with Crippen molar-refractivity contribution in [2.45, 2.75) is 38.1 Å². The maximum atomic E-state index is 11.9. The Balaban J connectivity index is 2.14. The van der Waals surface area contributed by atoms with Gasteiger partial charge >= 0.3 is 18.0 Å². The summed E-state index contributed by atoms with van der Waals surface area (Å²) in [5.74, 6) is -2.60. The molecular formula is C17H23IN4O6. The van der Waals surface area contributed by atoms with E-state index in [9.17, 15) is 19.2 Å². The fraction of sp³-hybridized carbons (Fsp3) is 0.471. The van der Waals surface area contributed by atoms with Crippen LogP contribution >= 0.6 is 22.6 Å². The third-order valence-electron chi connectivity index (χ3n) is 3.64. The summed E-state index contributed by atoms with van der Waals surface area (Å²) >= 11 is 2.08. The van der Waals surface area contributed by atoms with Crippen LogP contribution in [0.25, 0.3) is 0 Å². The van der Waals surface area contributed by atoms with E-state index in [1.807, 2.05) is 0 Å². The van der Waals surface area contributed by atoms with Crippen LogP contribution in [0, 0.1) is 3.57 Å². The van der Waals surface area contributed by atoms with Gasteiger partial charge < -0.3 is 26.2 Å². The van der Waals surface area contributed by atoms with E-state index < -0.39 is 24.0 Å².